The molecule has 1 amide bonds. The van der Waals surface area contributed by atoms with Crippen LogP contribution in [0.4, 0.5) is 0 Å². The molecule has 0 spiro atoms. The molecule has 0 atom stereocenters. The molecule has 3 nitrogen and oxygen atoms in total. The van der Waals surface area contributed by atoms with Gasteiger partial charge in [-0.05, 0) is 23.6 Å². The van der Waals surface area contributed by atoms with Crippen molar-refractivity contribution in [2.75, 3.05) is 0 Å². The summed E-state index contributed by atoms with van der Waals surface area (Å²) in [6.07, 6.45) is 0.671. The van der Waals surface area contributed by atoms with E-state index >= 15 is 0 Å². The number of hydroxylamine groups is 1. The Hall–Kier alpha value is -2.13. The van der Waals surface area contributed by atoms with E-state index in [-0.39, 0.29) is 0 Å². The molecule has 0 radical (unpaired) electrons. The first kappa shape index (κ1) is 11.4. The molecule has 17 heavy (non-hydrogen) atoms. The van der Waals surface area contributed by atoms with E-state index in [9.17, 15) is 4.79 Å². The first-order valence-corrected chi connectivity index (χ1v) is 5.37. The lowest BCUT2D eigenvalue weighted by Crippen LogP contribution is -2.20. The summed E-state index contributed by atoms with van der Waals surface area (Å²) in [5.41, 5.74) is 4.19. The fraction of sp³-hybridized carbons (Fsp3) is 0.0714. The van der Waals surface area contributed by atoms with Crippen LogP contribution in [0.15, 0.2) is 54.6 Å². The van der Waals surface area contributed by atoms with E-state index in [0.29, 0.717) is 12.0 Å². The molecule has 3 heteroatoms. The summed E-state index contributed by atoms with van der Waals surface area (Å²) in [6.45, 7) is 0. The highest BCUT2D eigenvalue weighted by Gasteiger charge is 2.09. The van der Waals surface area contributed by atoms with E-state index in [1.807, 2.05) is 42.5 Å². The van der Waals surface area contributed by atoms with Crippen molar-refractivity contribution in [3.05, 3.63) is 71.3 Å². The molecule has 0 heterocycles. The Morgan fingerprint density at radius 3 is 2.35 bits per heavy atom. The molecular formula is C14H13NO2. The van der Waals surface area contributed by atoms with Crippen LogP contribution in [0.25, 0.3) is 0 Å². The van der Waals surface area contributed by atoms with E-state index in [1.165, 1.54) is 0 Å². The normalized spacial score (nSPS) is 9.94. The smallest absolute Gasteiger partial charge is 0.274 e. The van der Waals surface area contributed by atoms with Gasteiger partial charge < -0.3 is 0 Å². The van der Waals surface area contributed by atoms with Crippen molar-refractivity contribution in [2.24, 2.45) is 0 Å². The number of hydrogen-bond acceptors (Lipinski definition) is 2. The zero-order valence-electron chi connectivity index (χ0n) is 9.26. The minimum absolute atomic E-state index is 0.475. The Balaban J connectivity index is 2.30. The number of nitrogens with one attached hydrogen (secondary N) is 1. The Bertz CT molecular complexity index is 509. The molecule has 2 aromatic carbocycles. The van der Waals surface area contributed by atoms with Crippen LogP contribution in [0.1, 0.15) is 21.5 Å². The third-order valence-corrected chi connectivity index (χ3v) is 2.60. The van der Waals surface area contributed by atoms with Gasteiger partial charge in [-0.1, -0.05) is 48.5 Å². The lowest BCUT2D eigenvalue weighted by Gasteiger charge is -2.07. The second kappa shape index (κ2) is 5.27. The predicted molar refractivity (Wildman–Crippen MR) is 64.9 cm³/mol. The maximum absolute atomic E-state index is 11.5. The maximum atomic E-state index is 11.5. The number of benzene rings is 2. The largest absolute Gasteiger partial charge is 0.288 e. The zero-order chi connectivity index (χ0) is 12.1. The molecule has 0 saturated heterocycles. The van der Waals surface area contributed by atoms with Gasteiger partial charge in [-0.15, -0.1) is 0 Å². The molecule has 0 aliphatic rings. The van der Waals surface area contributed by atoms with Crippen LogP contribution in [0.2, 0.25) is 0 Å². The number of amides is 1. The van der Waals surface area contributed by atoms with Crippen molar-refractivity contribution in [3.63, 3.8) is 0 Å². The minimum atomic E-state index is -0.475. The van der Waals surface area contributed by atoms with Crippen LogP contribution in [0.3, 0.4) is 0 Å². The van der Waals surface area contributed by atoms with Crippen LogP contribution in [-0.2, 0) is 6.42 Å². The van der Waals surface area contributed by atoms with Gasteiger partial charge in [-0.3, -0.25) is 10.0 Å². The average molecular weight is 227 g/mol. The number of hydrogen-bond donors (Lipinski definition) is 2. The van der Waals surface area contributed by atoms with Crippen molar-refractivity contribution < 1.29 is 10.0 Å². The molecule has 0 aliphatic heterocycles. The molecule has 0 aromatic heterocycles. The summed E-state index contributed by atoms with van der Waals surface area (Å²) in [5, 5.41) is 8.68. The maximum Gasteiger partial charge on any atom is 0.274 e. The molecular weight excluding hydrogens is 214 g/mol. The highest BCUT2D eigenvalue weighted by Crippen LogP contribution is 2.14. The third kappa shape index (κ3) is 2.71. The summed E-state index contributed by atoms with van der Waals surface area (Å²) in [5.74, 6) is -0.475. The highest BCUT2D eigenvalue weighted by molar-refractivity contribution is 5.94. The van der Waals surface area contributed by atoms with Gasteiger partial charge in [0.05, 0.1) is 0 Å². The highest BCUT2D eigenvalue weighted by atomic mass is 16.5. The van der Waals surface area contributed by atoms with E-state index in [4.69, 9.17) is 5.21 Å². The van der Waals surface area contributed by atoms with Crippen LogP contribution in [0, 0.1) is 0 Å². The van der Waals surface area contributed by atoms with Crippen molar-refractivity contribution in [1.82, 2.24) is 5.48 Å². The van der Waals surface area contributed by atoms with Crippen molar-refractivity contribution in [3.8, 4) is 0 Å². The quantitative estimate of drug-likeness (QED) is 0.625. The van der Waals surface area contributed by atoms with Crippen LogP contribution < -0.4 is 5.48 Å². The summed E-state index contributed by atoms with van der Waals surface area (Å²) in [6, 6.07) is 17.1. The van der Waals surface area contributed by atoms with Gasteiger partial charge in [0.15, 0.2) is 0 Å². The van der Waals surface area contributed by atoms with Gasteiger partial charge in [0, 0.05) is 5.56 Å². The van der Waals surface area contributed by atoms with Gasteiger partial charge in [0.25, 0.3) is 5.91 Å². The predicted octanol–water partition coefficient (Wildman–Crippen LogP) is 2.40. The number of rotatable bonds is 3. The fourth-order valence-electron chi connectivity index (χ4n) is 1.77. The van der Waals surface area contributed by atoms with Gasteiger partial charge in [-0.2, -0.15) is 0 Å². The first-order valence-electron chi connectivity index (χ1n) is 5.37. The zero-order valence-corrected chi connectivity index (χ0v) is 9.26. The Kier molecular flexibility index (Phi) is 3.52. The topological polar surface area (TPSA) is 49.3 Å². The van der Waals surface area contributed by atoms with E-state index in [1.54, 1.807) is 17.6 Å². The first-order chi connectivity index (χ1) is 8.31. The summed E-state index contributed by atoms with van der Waals surface area (Å²) >= 11 is 0. The summed E-state index contributed by atoms with van der Waals surface area (Å²) in [4.78, 5) is 11.5. The monoisotopic (exact) mass is 227 g/mol. The molecule has 0 aliphatic carbocycles. The van der Waals surface area contributed by atoms with E-state index in [0.717, 1.165) is 11.1 Å². The Morgan fingerprint density at radius 2 is 1.65 bits per heavy atom. The molecule has 2 aromatic rings. The third-order valence-electron chi connectivity index (χ3n) is 2.60. The molecule has 0 unspecified atom stereocenters. The number of carbonyl (C=O) groups is 1. The molecule has 0 saturated carbocycles. The van der Waals surface area contributed by atoms with Crippen LogP contribution >= 0.6 is 0 Å². The standard InChI is InChI=1S/C14H13NO2/c16-14(15-17)13-9-5-4-8-12(13)10-11-6-2-1-3-7-11/h1-9,17H,10H2,(H,15,16). The lowest BCUT2D eigenvalue weighted by molar-refractivity contribution is 0.0705. The Labute approximate surface area is 99.7 Å². The number of carbonyl (C=O) groups excluding carboxylic acids is 1. The van der Waals surface area contributed by atoms with Crippen LogP contribution in [-0.4, -0.2) is 11.1 Å². The minimum Gasteiger partial charge on any atom is -0.288 e. The molecule has 86 valence electrons. The van der Waals surface area contributed by atoms with Gasteiger partial charge in [0.1, 0.15) is 0 Å². The van der Waals surface area contributed by atoms with Gasteiger partial charge in [-0.25, -0.2) is 5.48 Å². The second-order valence-corrected chi connectivity index (χ2v) is 3.76. The molecule has 0 bridgehead atoms. The Morgan fingerprint density at radius 1 is 1.00 bits per heavy atom. The lowest BCUT2D eigenvalue weighted by atomic mass is 9.99. The van der Waals surface area contributed by atoms with Gasteiger partial charge >= 0.3 is 0 Å². The summed E-state index contributed by atoms with van der Waals surface area (Å²) < 4.78 is 0. The molecule has 0 fully saturated rings. The molecule has 2 rings (SSSR count). The average Bonchev–Trinajstić information content (AvgIpc) is 2.40. The van der Waals surface area contributed by atoms with Crippen LogP contribution in [0.5, 0.6) is 0 Å². The van der Waals surface area contributed by atoms with Crippen molar-refractivity contribution in [1.29, 1.82) is 0 Å². The SMILES string of the molecule is O=C(NO)c1ccccc1Cc1ccccc1. The molecule has 2 N–H and O–H groups in total. The van der Waals surface area contributed by atoms with Crippen molar-refractivity contribution in [2.45, 2.75) is 6.42 Å². The van der Waals surface area contributed by atoms with Crippen molar-refractivity contribution >= 4 is 5.91 Å². The van der Waals surface area contributed by atoms with E-state index in [2.05, 4.69) is 0 Å². The van der Waals surface area contributed by atoms with Gasteiger partial charge in [0.2, 0.25) is 0 Å². The van der Waals surface area contributed by atoms with E-state index < -0.39 is 5.91 Å². The summed E-state index contributed by atoms with van der Waals surface area (Å²) in [7, 11) is 0. The second-order valence-electron chi connectivity index (χ2n) is 3.76. The fourth-order valence-corrected chi connectivity index (χ4v) is 1.77.